The second-order valence-electron chi connectivity index (χ2n) is 6.74. The first-order valence-electron chi connectivity index (χ1n) is 9.07. The topological polar surface area (TPSA) is 96.9 Å². The van der Waals surface area contributed by atoms with Gasteiger partial charge in [0.1, 0.15) is 0 Å². The first-order chi connectivity index (χ1) is 13.9. The van der Waals surface area contributed by atoms with Gasteiger partial charge in [0.15, 0.2) is 17.3 Å². The number of fused-ring (bicyclic) bond motifs is 1. The van der Waals surface area contributed by atoms with Gasteiger partial charge in [-0.15, -0.1) is 0 Å². The lowest BCUT2D eigenvalue weighted by Gasteiger charge is -2.35. The predicted octanol–water partition coefficient (Wildman–Crippen LogP) is 2.21. The molecule has 4 rings (SSSR count). The highest BCUT2D eigenvalue weighted by Gasteiger charge is 2.29. The summed E-state index contributed by atoms with van der Waals surface area (Å²) in [5.41, 5.74) is 0.550. The lowest BCUT2D eigenvalue weighted by atomic mass is 10.2. The van der Waals surface area contributed by atoms with Crippen molar-refractivity contribution in [3.05, 3.63) is 36.3 Å². The fourth-order valence-corrected chi connectivity index (χ4v) is 4.75. The van der Waals surface area contributed by atoms with Crippen LogP contribution in [0.25, 0.3) is 0 Å². The second-order valence-corrected chi connectivity index (χ2v) is 8.96. The first-order valence-corrected chi connectivity index (χ1v) is 11.0. The predicted molar refractivity (Wildman–Crippen MR) is 108 cm³/mol. The Morgan fingerprint density at radius 2 is 1.83 bits per heavy atom. The number of guanidine groups is 1. The van der Waals surface area contributed by atoms with Gasteiger partial charge in [-0.2, -0.15) is 4.36 Å². The number of hydrogen-bond donors (Lipinski definition) is 0. The molecule has 2 aliphatic rings. The molecule has 0 bridgehead atoms. The van der Waals surface area contributed by atoms with Crippen molar-refractivity contribution in [2.24, 2.45) is 9.36 Å². The Morgan fingerprint density at radius 1 is 1.14 bits per heavy atom. The number of rotatable bonds is 3. The van der Waals surface area contributed by atoms with Crippen molar-refractivity contribution in [2.45, 2.75) is 4.90 Å². The van der Waals surface area contributed by atoms with Crippen LogP contribution in [0.3, 0.4) is 0 Å². The zero-order valence-corrected chi connectivity index (χ0v) is 17.3. The molecule has 0 N–H and O–H groups in total. The molecule has 0 spiro atoms. The van der Waals surface area contributed by atoms with Gasteiger partial charge in [0.25, 0.3) is 5.91 Å². The Kier molecular flexibility index (Phi) is 4.95. The Balaban J connectivity index is 1.58. The summed E-state index contributed by atoms with van der Waals surface area (Å²) < 4.78 is 33.5. The molecule has 0 saturated carbocycles. The lowest BCUT2D eigenvalue weighted by Crippen LogP contribution is -2.50. The van der Waals surface area contributed by atoms with Gasteiger partial charge >= 0.3 is 0 Å². The van der Waals surface area contributed by atoms with E-state index >= 15 is 0 Å². The second kappa shape index (κ2) is 7.43. The average molecular weight is 418 g/mol. The van der Waals surface area contributed by atoms with Gasteiger partial charge in [0.05, 0.1) is 40.8 Å². The summed E-state index contributed by atoms with van der Waals surface area (Å²) in [6.07, 6.45) is 3.07. The van der Waals surface area contributed by atoms with Crippen LogP contribution in [0.5, 0.6) is 11.5 Å². The molecule has 154 valence electrons. The molecule has 1 fully saturated rings. The number of carbonyl (C=O) groups excluding carboxylic acids is 1. The van der Waals surface area contributed by atoms with Crippen LogP contribution in [0.15, 0.2) is 49.2 Å². The molecule has 1 amide bonds. The van der Waals surface area contributed by atoms with E-state index in [0.717, 1.165) is 0 Å². The van der Waals surface area contributed by atoms with E-state index in [0.29, 0.717) is 60.0 Å². The minimum absolute atomic E-state index is 0.140. The van der Waals surface area contributed by atoms with Crippen molar-refractivity contribution in [2.75, 3.05) is 46.7 Å². The van der Waals surface area contributed by atoms with Crippen molar-refractivity contribution in [3.8, 4) is 11.5 Å². The molecule has 1 unspecified atom stereocenters. The van der Waals surface area contributed by atoms with Gasteiger partial charge in [-0.3, -0.25) is 4.79 Å². The third-order valence-corrected chi connectivity index (χ3v) is 6.59. The molecule has 1 saturated heterocycles. The summed E-state index contributed by atoms with van der Waals surface area (Å²) in [5, 5.41) is 0. The van der Waals surface area contributed by atoms with Crippen LogP contribution in [0.2, 0.25) is 0 Å². The third-order valence-electron chi connectivity index (χ3n) is 4.93. The van der Waals surface area contributed by atoms with Gasteiger partial charge in [-0.05, 0) is 12.1 Å². The monoisotopic (exact) mass is 418 g/mol. The molecule has 1 aromatic heterocycles. The number of carbonyl (C=O) groups is 1. The van der Waals surface area contributed by atoms with Crippen LogP contribution in [0.4, 0.5) is 5.69 Å². The summed E-state index contributed by atoms with van der Waals surface area (Å²) in [7, 11) is 0.378. The van der Waals surface area contributed by atoms with E-state index in [-0.39, 0.29) is 5.91 Å². The molecule has 10 heteroatoms. The van der Waals surface area contributed by atoms with Crippen molar-refractivity contribution >= 4 is 27.3 Å². The first kappa shape index (κ1) is 19.3. The minimum atomic E-state index is -2.69. The van der Waals surface area contributed by atoms with Crippen LogP contribution < -0.4 is 9.47 Å². The molecule has 9 nitrogen and oxygen atoms in total. The number of ether oxygens (including phenoxy) is 2. The highest BCUT2D eigenvalue weighted by molar-refractivity contribution is 7.93. The molecule has 1 aromatic carbocycles. The standard InChI is InChI=1S/C19H22N4O5S/c1-26-15-11-13-17(12-16(15)27-2)29(3,25)21-19(20-13)23-8-6-22(7-9-23)18(24)14-5-4-10-28-14/h4-5,10-12H,6-9H2,1-3H3. The van der Waals surface area contributed by atoms with Crippen LogP contribution in [-0.2, 0) is 9.73 Å². The van der Waals surface area contributed by atoms with E-state index in [2.05, 4.69) is 9.36 Å². The Hall–Kier alpha value is -3.01. The molecule has 29 heavy (non-hydrogen) atoms. The quantitative estimate of drug-likeness (QED) is 0.758. The molecular formula is C19H22N4O5S. The van der Waals surface area contributed by atoms with E-state index in [4.69, 9.17) is 13.9 Å². The number of hydrogen-bond acceptors (Lipinski definition) is 8. The van der Waals surface area contributed by atoms with E-state index in [1.807, 2.05) is 4.90 Å². The molecule has 0 radical (unpaired) electrons. The fraction of sp³-hybridized carbons (Fsp3) is 0.368. The average Bonchev–Trinajstić information content (AvgIpc) is 3.27. The van der Waals surface area contributed by atoms with Crippen LogP contribution in [0.1, 0.15) is 10.6 Å². The molecule has 0 aliphatic carbocycles. The smallest absolute Gasteiger partial charge is 0.289 e. The largest absolute Gasteiger partial charge is 0.493 e. The van der Waals surface area contributed by atoms with Crippen LogP contribution in [0, 0.1) is 0 Å². The summed E-state index contributed by atoms with van der Waals surface area (Å²) in [4.78, 5) is 21.2. The number of piperazine rings is 1. The summed E-state index contributed by atoms with van der Waals surface area (Å²) in [6, 6.07) is 6.72. The molecule has 1 atom stereocenters. The SMILES string of the molecule is COc1cc2c(cc1OC)S(C)(=O)=NC(N1CCN(C(=O)c3ccco3)CC1)=N2. The van der Waals surface area contributed by atoms with Crippen molar-refractivity contribution in [1.29, 1.82) is 0 Å². The normalized spacial score (nSPS) is 21.1. The maximum Gasteiger partial charge on any atom is 0.289 e. The zero-order chi connectivity index (χ0) is 20.6. The molecule has 3 heterocycles. The van der Waals surface area contributed by atoms with E-state index in [9.17, 15) is 9.00 Å². The number of methoxy groups -OCH3 is 2. The maximum absolute atomic E-state index is 13.2. The van der Waals surface area contributed by atoms with Crippen molar-refractivity contribution in [1.82, 2.24) is 9.80 Å². The number of nitrogens with zero attached hydrogens (tertiary/aromatic N) is 4. The minimum Gasteiger partial charge on any atom is -0.493 e. The summed E-state index contributed by atoms with van der Waals surface area (Å²) in [6.45, 7) is 2.06. The lowest BCUT2D eigenvalue weighted by molar-refractivity contribution is 0.0659. The van der Waals surface area contributed by atoms with Crippen molar-refractivity contribution < 1.29 is 22.9 Å². The van der Waals surface area contributed by atoms with E-state index in [1.165, 1.54) is 13.4 Å². The third kappa shape index (κ3) is 3.55. The van der Waals surface area contributed by atoms with Gasteiger partial charge in [-0.25, -0.2) is 9.20 Å². The number of furan rings is 1. The number of benzene rings is 1. The number of aliphatic imine (C=N–C) groups is 1. The van der Waals surface area contributed by atoms with Gasteiger partial charge in [-0.1, -0.05) is 0 Å². The molecular weight excluding hydrogens is 396 g/mol. The number of amides is 1. The van der Waals surface area contributed by atoms with Crippen LogP contribution in [-0.4, -0.2) is 72.5 Å². The van der Waals surface area contributed by atoms with Gasteiger partial charge in [0.2, 0.25) is 5.96 Å². The highest BCUT2D eigenvalue weighted by Crippen LogP contribution is 2.39. The Morgan fingerprint density at radius 3 is 2.45 bits per heavy atom. The Bertz CT molecular complexity index is 1080. The Labute approximate surface area is 169 Å². The molecule has 2 aromatic rings. The highest BCUT2D eigenvalue weighted by atomic mass is 32.2. The zero-order valence-electron chi connectivity index (χ0n) is 16.5. The van der Waals surface area contributed by atoms with Crippen molar-refractivity contribution in [3.63, 3.8) is 0 Å². The fourth-order valence-electron chi connectivity index (χ4n) is 3.37. The molecule has 2 aliphatic heterocycles. The van der Waals surface area contributed by atoms with Crippen LogP contribution >= 0.6 is 0 Å². The summed E-state index contributed by atoms with van der Waals surface area (Å²) in [5.74, 6) is 1.59. The summed E-state index contributed by atoms with van der Waals surface area (Å²) >= 11 is 0. The van der Waals surface area contributed by atoms with E-state index in [1.54, 1.807) is 42.5 Å². The van der Waals surface area contributed by atoms with Gasteiger partial charge < -0.3 is 23.7 Å². The van der Waals surface area contributed by atoms with Gasteiger partial charge in [0, 0.05) is 44.6 Å². The van der Waals surface area contributed by atoms with E-state index < -0.39 is 9.73 Å². The maximum atomic E-state index is 13.2.